The number of hydrogen-bond acceptors (Lipinski definition) is 5. The largest absolute Gasteiger partial charge is 0.497 e. The van der Waals surface area contributed by atoms with Crippen LogP contribution < -0.4 is 14.8 Å². The number of carbonyl (C=O) groups is 2. The second-order valence-corrected chi connectivity index (χ2v) is 6.41. The molecule has 0 saturated heterocycles. The van der Waals surface area contributed by atoms with Gasteiger partial charge in [-0.1, -0.05) is 17.7 Å². The number of esters is 1. The van der Waals surface area contributed by atoms with Crippen LogP contribution in [0.3, 0.4) is 0 Å². The summed E-state index contributed by atoms with van der Waals surface area (Å²) >= 11 is 0. The molecular weight excluding hydrogens is 346 g/mol. The second kappa shape index (κ2) is 8.58. The summed E-state index contributed by atoms with van der Waals surface area (Å²) in [6.07, 6.45) is -0.963. The first-order valence-corrected chi connectivity index (χ1v) is 8.58. The van der Waals surface area contributed by atoms with Gasteiger partial charge in [-0.2, -0.15) is 0 Å². The van der Waals surface area contributed by atoms with E-state index in [9.17, 15) is 9.59 Å². The van der Waals surface area contributed by atoms with Crippen molar-refractivity contribution in [2.24, 2.45) is 0 Å². The number of carbonyl (C=O) groups excluding carboxylic acids is 2. The van der Waals surface area contributed by atoms with Crippen LogP contribution in [0.2, 0.25) is 0 Å². The van der Waals surface area contributed by atoms with Gasteiger partial charge in [0.15, 0.2) is 6.10 Å². The zero-order valence-electron chi connectivity index (χ0n) is 16.5. The van der Waals surface area contributed by atoms with E-state index < -0.39 is 18.0 Å². The van der Waals surface area contributed by atoms with Crippen LogP contribution in [0.15, 0.2) is 30.3 Å². The molecule has 1 amide bonds. The zero-order chi connectivity index (χ0) is 20.1. The fourth-order valence-corrected chi connectivity index (χ4v) is 2.81. The van der Waals surface area contributed by atoms with Crippen LogP contribution in [-0.4, -0.2) is 32.2 Å². The number of hydrogen-bond donors (Lipinski definition) is 1. The standard InChI is InChI=1S/C21H25NO5/c1-12-7-13(2)19(14(3)8-12)22-20(23)15(4)27-21(24)16-9-17(25-5)11-18(10-16)26-6/h7-11,15H,1-6H3,(H,22,23)/t15-/m1/s1. The Bertz CT molecular complexity index is 814. The van der Waals surface area contributed by atoms with Gasteiger partial charge < -0.3 is 19.5 Å². The summed E-state index contributed by atoms with van der Waals surface area (Å²) < 4.78 is 15.6. The van der Waals surface area contributed by atoms with Crippen molar-refractivity contribution in [2.45, 2.75) is 33.8 Å². The topological polar surface area (TPSA) is 73.9 Å². The van der Waals surface area contributed by atoms with Gasteiger partial charge in [0.25, 0.3) is 5.91 Å². The Hall–Kier alpha value is -3.02. The van der Waals surface area contributed by atoms with E-state index in [4.69, 9.17) is 14.2 Å². The molecule has 2 rings (SSSR count). The lowest BCUT2D eigenvalue weighted by Gasteiger charge is -2.17. The van der Waals surface area contributed by atoms with Crippen LogP contribution in [0.4, 0.5) is 5.69 Å². The number of aryl methyl sites for hydroxylation is 3. The smallest absolute Gasteiger partial charge is 0.339 e. The summed E-state index contributed by atoms with van der Waals surface area (Å²) in [4.78, 5) is 24.9. The van der Waals surface area contributed by atoms with Gasteiger partial charge in [-0.15, -0.1) is 0 Å². The van der Waals surface area contributed by atoms with Gasteiger partial charge in [-0.3, -0.25) is 4.79 Å². The van der Waals surface area contributed by atoms with Gasteiger partial charge >= 0.3 is 5.97 Å². The van der Waals surface area contributed by atoms with E-state index in [-0.39, 0.29) is 5.56 Å². The fourth-order valence-electron chi connectivity index (χ4n) is 2.81. The Morgan fingerprint density at radius 2 is 1.41 bits per heavy atom. The Morgan fingerprint density at radius 1 is 0.889 bits per heavy atom. The lowest BCUT2D eigenvalue weighted by molar-refractivity contribution is -0.123. The number of anilines is 1. The summed E-state index contributed by atoms with van der Waals surface area (Å²) in [7, 11) is 2.98. The maximum atomic E-state index is 12.5. The van der Waals surface area contributed by atoms with Crippen molar-refractivity contribution in [1.82, 2.24) is 0 Å². The molecule has 0 fully saturated rings. The summed E-state index contributed by atoms with van der Waals surface area (Å²) in [5.74, 6) is -0.103. The lowest BCUT2D eigenvalue weighted by Crippen LogP contribution is -2.30. The fraction of sp³-hybridized carbons (Fsp3) is 0.333. The number of amides is 1. The molecule has 1 atom stereocenters. The first-order chi connectivity index (χ1) is 12.7. The second-order valence-electron chi connectivity index (χ2n) is 6.41. The minimum atomic E-state index is -0.963. The number of methoxy groups -OCH3 is 2. The quantitative estimate of drug-likeness (QED) is 0.782. The molecule has 0 heterocycles. The Labute approximate surface area is 159 Å². The van der Waals surface area contributed by atoms with E-state index in [1.54, 1.807) is 6.07 Å². The minimum Gasteiger partial charge on any atom is -0.497 e. The first kappa shape index (κ1) is 20.3. The molecule has 0 radical (unpaired) electrons. The highest BCUT2D eigenvalue weighted by Crippen LogP contribution is 2.24. The summed E-state index contributed by atoms with van der Waals surface area (Å²) in [6, 6.07) is 8.69. The van der Waals surface area contributed by atoms with Crippen LogP contribution in [-0.2, 0) is 9.53 Å². The van der Waals surface area contributed by atoms with Gasteiger partial charge in [0.05, 0.1) is 19.8 Å². The molecule has 27 heavy (non-hydrogen) atoms. The van der Waals surface area contributed by atoms with E-state index >= 15 is 0 Å². The minimum absolute atomic E-state index is 0.244. The lowest BCUT2D eigenvalue weighted by atomic mass is 10.0. The molecule has 6 heteroatoms. The summed E-state index contributed by atoms with van der Waals surface area (Å²) in [5, 5.41) is 2.84. The number of rotatable bonds is 6. The Morgan fingerprint density at radius 3 is 1.89 bits per heavy atom. The van der Waals surface area contributed by atoms with Crippen LogP contribution >= 0.6 is 0 Å². The van der Waals surface area contributed by atoms with Crippen molar-refractivity contribution in [3.8, 4) is 11.5 Å². The predicted molar refractivity (Wildman–Crippen MR) is 104 cm³/mol. The van der Waals surface area contributed by atoms with Crippen LogP contribution in [0.1, 0.15) is 34.0 Å². The SMILES string of the molecule is COc1cc(OC)cc(C(=O)O[C@H](C)C(=O)Nc2c(C)cc(C)cc2C)c1. The van der Waals surface area contributed by atoms with Crippen LogP contribution in [0, 0.1) is 20.8 Å². The Kier molecular flexibility index (Phi) is 6.45. The average Bonchev–Trinajstić information content (AvgIpc) is 2.63. The highest BCUT2D eigenvalue weighted by molar-refractivity contribution is 5.98. The third-order valence-corrected chi connectivity index (χ3v) is 4.17. The molecular formula is C21H25NO5. The van der Waals surface area contributed by atoms with Gasteiger partial charge in [0.2, 0.25) is 0 Å². The van der Waals surface area contributed by atoms with Gasteiger partial charge in [0.1, 0.15) is 11.5 Å². The number of benzene rings is 2. The first-order valence-electron chi connectivity index (χ1n) is 8.58. The molecule has 6 nitrogen and oxygen atoms in total. The average molecular weight is 371 g/mol. The van der Waals surface area contributed by atoms with Gasteiger partial charge in [0, 0.05) is 11.8 Å². The van der Waals surface area contributed by atoms with Gasteiger partial charge in [-0.25, -0.2) is 4.79 Å². The normalized spacial score (nSPS) is 11.5. The number of ether oxygens (including phenoxy) is 3. The van der Waals surface area contributed by atoms with Crippen LogP contribution in [0.25, 0.3) is 0 Å². The molecule has 0 aromatic heterocycles. The maximum absolute atomic E-state index is 12.5. The molecule has 2 aromatic carbocycles. The van der Waals surface area contributed by atoms with E-state index in [0.717, 1.165) is 22.4 Å². The van der Waals surface area contributed by atoms with Crippen molar-refractivity contribution in [2.75, 3.05) is 19.5 Å². The molecule has 0 saturated carbocycles. The van der Waals surface area contributed by atoms with Crippen molar-refractivity contribution in [1.29, 1.82) is 0 Å². The van der Waals surface area contributed by atoms with E-state index in [2.05, 4.69) is 5.32 Å². The molecule has 144 valence electrons. The van der Waals surface area contributed by atoms with Crippen LogP contribution in [0.5, 0.6) is 11.5 Å². The third-order valence-electron chi connectivity index (χ3n) is 4.17. The predicted octanol–water partition coefficient (Wildman–Crippen LogP) is 3.81. The van der Waals surface area contributed by atoms with Gasteiger partial charge in [-0.05, 0) is 51.0 Å². The zero-order valence-corrected chi connectivity index (χ0v) is 16.5. The van der Waals surface area contributed by atoms with E-state index in [0.29, 0.717) is 11.5 Å². The van der Waals surface area contributed by atoms with Crippen molar-refractivity contribution in [3.63, 3.8) is 0 Å². The summed E-state index contributed by atoms with van der Waals surface area (Å²) in [6.45, 7) is 7.38. The number of nitrogens with one attached hydrogen (secondary N) is 1. The molecule has 0 unspecified atom stereocenters. The maximum Gasteiger partial charge on any atom is 0.339 e. The monoisotopic (exact) mass is 371 g/mol. The molecule has 0 aliphatic rings. The van der Waals surface area contributed by atoms with Crippen molar-refractivity contribution in [3.05, 3.63) is 52.6 Å². The molecule has 1 N–H and O–H groups in total. The molecule has 0 aliphatic heterocycles. The molecule has 0 spiro atoms. The van der Waals surface area contributed by atoms with Crippen molar-refractivity contribution >= 4 is 17.6 Å². The highest BCUT2D eigenvalue weighted by Gasteiger charge is 2.21. The van der Waals surface area contributed by atoms with E-state index in [1.807, 2.05) is 32.9 Å². The summed E-state index contributed by atoms with van der Waals surface area (Å²) in [5.41, 5.74) is 4.01. The molecule has 0 bridgehead atoms. The molecule has 2 aromatic rings. The highest BCUT2D eigenvalue weighted by atomic mass is 16.5. The van der Waals surface area contributed by atoms with Crippen molar-refractivity contribution < 1.29 is 23.8 Å². The van der Waals surface area contributed by atoms with E-state index in [1.165, 1.54) is 33.3 Å². The third kappa shape index (κ3) is 5.00. The molecule has 0 aliphatic carbocycles. The Balaban J connectivity index is 2.11.